The van der Waals surface area contributed by atoms with E-state index in [9.17, 15) is 0 Å². The number of pyridine rings is 1. The number of aromatic nitrogens is 4. The Morgan fingerprint density at radius 3 is 1.61 bits per heavy atom. The molecule has 0 spiro atoms. The Balaban J connectivity index is 1.11. The van der Waals surface area contributed by atoms with Gasteiger partial charge < -0.3 is 4.57 Å². The third-order valence-corrected chi connectivity index (χ3v) is 10.2. The quantitative estimate of drug-likeness (QED) is 0.180. The lowest BCUT2D eigenvalue weighted by molar-refractivity contribution is 1.15. The molecule has 0 amide bonds. The van der Waals surface area contributed by atoms with Gasteiger partial charge in [-0.1, -0.05) is 115 Å². The standard InChI is InChI=1S/C45H28N4/c1-2-12-31(13-3-1)47-39-19-9-7-16-35(39)38-28-30(24-27-42(38)47)29-22-25-32(26-23-29)48-41-21-11-8-18-37(41)43-45(48)46-44-36-17-5-4-14-33(36)34-15-6-10-20-40(34)49(43)44/h1-28H. The lowest BCUT2D eigenvalue weighted by atomic mass is 10.0. The van der Waals surface area contributed by atoms with Gasteiger partial charge in [0.15, 0.2) is 5.65 Å². The Kier molecular flexibility index (Phi) is 5.35. The molecule has 0 radical (unpaired) electrons. The molecule has 11 rings (SSSR count). The van der Waals surface area contributed by atoms with Gasteiger partial charge in [-0.05, 0) is 71.1 Å². The Hall–Kier alpha value is -6.65. The average molecular weight is 625 g/mol. The summed E-state index contributed by atoms with van der Waals surface area (Å²) in [5.41, 5.74) is 12.5. The fourth-order valence-electron chi connectivity index (χ4n) is 8.09. The smallest absolute Gasteiger partial charge is 0.165 e. The van der Waals surface area contributed by atoms with Crippen molar-refractivity contribution in [2.45, 2.75) is 0 Å². The molecule has 4 nitrogen and oxygen atoms in total. The highest BCUT2D eigenvalue weighted by molar-refractivity contribution is 6.17. The third kappa shape index (κ3) is 3.66. The van der Waals surface area contributed by atoms with Crippen LogP contribution in [0.2, 0.25) is 0 Å². The van der Waals surface area contributed by atoms with Crippen LogP contribution in [-0.2, 0) is 0 Å². The lowest BCUT2D eigenvalue weighted by Gasteiger charge is -2.10. The van der Waals surface area contributed by atoms with Crippen molar-refractivity contribution < 1.29 is 0 Å². The molecule has 0 saturated carbocycles. The molecule has 4 heterocycles. The molecule has 0 atom stereocenters. The molecule has 0 bridgehead atoms. The molecular weight excluding hydrogens is 597 g/mol. The highest BCUT2D eigenvalue weighted by atomic mass is 15.1. The zero-order valence-electron chi connectivity index (χ0n) is 26.5. The molecule has 0 fully saturated rings. The number of hydrogen-bond donors (Lipinski definition) is 0. The summed E-state index contributed by atoms with van der Waals surface area (Å²) in [5.74, 6) is 0. The van der Waals surface area contributed by atoms with Crippen molar-refractivity contribution in [3.8, 4) is 22.5 Å². The summed E-state index contributed by atoms with van der Waals surface area (Å²) < 4.78 is 7.05. The molecule has 0 saturated heterocycles. The van der Waals surface area contributed by atoms with Gasteiger partial charge in [0.2, 0.25) is 0 Å². The van der Waals surface area contributed by atoms with Crippen LogP contribution in [0.25, 0.3) is 93.7 Å². The predicted molar refractivity (Wildman–Crippen MR) is 204 cm³/mol. The predicted octanol–water partition coefficient (Wildman–Crippen LogP) is 11.5. The number of nitrogens with zero attached hydrogens (tertiary/aromatic N) is 4. The van der Waals surface area contributed by atoms with E-state index in [0.29, 0.717) is 0 Å². The maximum Gasteiger partial charge on any atom is 0.165 e. The summed E-state index contributed by atoms with van der Waals surface area (Å²) in [6.07, 6.45) is 0. The first kappa shape index (κ1) is 26.4. The second kappa shape index (κ2) is 9.93. The largest absolute Gasteiger partial charge is 0.309 e. The Bertz CT molecular complexity index is 3090. The second-order valence-electron chi connectivity index (χ2n) is 12.8. The van der Waals surface area contributed by atoms with Crippen molar-refractivity contribution >= 4 is 71.2 Å². The van der Waals surface area contributed by atoms with Crippen molar-refractivity contribution in [2.75, 3.05) is 0 Å². The minimum atomic E-state index is 0.964. The Morgan fingerprint density at radius 1 is 0.327 bits per heavy atom. The third-order valence-electron chi connectivity index (χ3n) is 10.2. The van der Waals surface area contributed by atoms with Crippen LogP contribution < -0.4 is 0 Å². The van der Waals surface area contributed by atoms with Crippen LogP contribution >= 0.6 is 0 Å². The van der Waals surface area contributed by atoms with Crippen molar-refractivity contribution in [3.63, 3.8) is 0 Å². The first-order valence-electron chi connectivity index (χ1n) is 16.7. The van der Waals surface area contributed by atoms with Crippen LogP contribution in [0.5, 0.6) is 0 Å². The van der Waals surface area contributed by atoms with E-state index in [1.807, 2.05) is 0 Å². The normalized spacial score (nSPS) is 12.1. The molecule has 0 aliphatic heterocycles. The first-order chi connectivity index (χ1) is 24.3. The van der Waals surface area contributed by atoms with E-state index >= 15 is 0 Å². The summed E-state index contributed by atoms with van der Waals surface area (Å²) in [6, 6.07) is 61.1. The summed E-state index contributed by atoms with van der Waals surface area (Å²) in [7, 11) is 0. The number of benzene rings is 7. The second-order valence-corrected chi connectivity index (χ2v) is 12.8. The molecule has 11 aromatic rings. The Morgan fingerprint density at radius 2 is 0.857 bits per heavy atom. The van der Waals surface area contributed by atoms with Gasteiger partial charge in [0.1, 0.15) is 11.2 Å². The van der Waals surface area contributed by atoms with Crippen LogP contribution in [0, 0.1) is 0 Å². The van der Waals surface area contributed by atoms with Crippen LogP contribution in [0.15, 0.2) is 170 Å². The van der Waals surface area contributed by atoms with Gasteiger partial charge in [-0.2, -0.15) is 0 Å². The highest BCUT2D eigenvalue weighted by Crippen LogP contribution is 2.39. The molecule has 4 aromatic heterocycles. The number of hydrogen-bond acceptors (Lipinski definition) is 1. The van der Waals surface area contributed by atoms with Crippen LogP contribution in [0.1, 0.15) is 0 Å². The van der Waals surface area contributed by atoms with Gasteiger partial charge in [-0.15, -0.1) is 0 Å². The van der Waals surface area contributed by atoms with Gasteiger partial charge in [-0.3, -0.25) is 8.97 Å². The number of imidazole rings is 1. The van der Waals surface area contributed by atoms with E-state index in [-0.39, 0.29) is 0 Å². The zero-order chi connectivity index (χ0) is 32.1. The van der Waals surface area contributed by atoms with E-state index in [1.54, 1.807) is 0 Å². The first-order valence-corrected chi connectivity index (χ1v) is 16.7. The molecule has 7 aromatic carbocycles. The van der Waals surface area contributed by atoms with Gasteiger partial charge in [0.25, 0.3) is 0 Å². The molecule has 0 N–H and O–H groups in total. The van der Waals surface area contributed by atoms with Crippen molar-refractivity contribution in [3.05, 3.63) is 170 Å². The van der Waals surface area contributed by atoms with Gasteiger partial charge in [0.05, 0.1) is 22.1 Å². The number of rotatable bonds is 3. The lowest BCUT2D eigenvalue weighted by Crippen LogP contribution is -1.95. The number of para-hydroxylation sites is 4. The molecule has 0 aliphatic carbocycles. The van der Waals surface area contributed by atoms with E-state index in [0.717, 1.165) is 33.4 Å². The van der Waals surface area contributed by atoms with Gasteiger partial charge in [-0.25, -0.2) is 4.98 Å². The molecular formula is C45H28N4. The van der Waals surface area contributed by atoms with Gasteiger partial charge >= 0.3 is 0 Å². The zero-order valence-corrected chi connectivity index (χ0v) is 26.5. The molecule has 4 heteroatoms. The summed E-state index contributed by atoms with van der Waals surface area (Å²) in [4.78, 5) is 5.40. The topological polar surface area (TPSA) is 27.2 Å². The molecule has 0 aliphatic rings. The monoisotopic (exact) mass is 624 g/mol. The minimum absolute atomic E-state index is 0.964. The van der Waals surface area contributed by atoms with E-state index in [2.05, 4.69) is 183 Å². The minimum Gasteiger partial charge on any atom is -0.309 e. The summed E-state index contributed by atoms with van der Waals surface area (Å²) in [5, 5.41) is 7.32. The van der Waals surface area contributed by atoms with Crippen LogP contribution in [0.4, 0.5) is 0 Å². The van der Waals surface area contributed by atoms with Crippen LogP contribution in [-0.4, -0.2) is 18.5 Å². The van der Waals surface area contributed by atoms with Gasteiger partial charge in [0, 0.05) is 38.3 Å². The average Bonchev–Trinajstić information content (AvgIpc) is 3.83. The Labute approximate surface area is 281 Å². The highest BCUT2D eigenvalue weighted by Gasteiger charge is 2.21. The van der Waals surface area contributed by atoms with E-state index < -0.39 is 0 Å². The molecule has 0 unspecified atom stereocenters. The fourth-order valence-corrected chi connectivity index (χ4v) is 8.09. The summed E-state index contributed by atoms with van der Waals surface area (Å²) >= 11 is 0. The van der Waals surface area contributed by atoms with Crippen molar-refractivity contribution in [1.29, 1.82) is 0 Å². The van der Waals surface area contributed by atoms with Crippen molar-refractivity contribution in [2.24, 2.45) is 0 Å². The SMILES string of the molecule is c1ccc(-n2c3ccccc3c3cc(-c4ccc(-n5c6ccccc6c6c5nc5c7ccccc7c7ccccc7n56)cc4)ccc32)cc1. The maximum atomic E-state index is 5.40. The van der Waals surface area contributed by atoms with E-state index in [4.69, 9.17) is 4.98 Å². The van der Waals surface area contributed by atoms with E-state index in [1.165, 1.54) is 60.3 Å². The fraction of sp³-hybridized carbons (Fsp3) is 0. The van der Waals surface area contributed by atoms with Crippen molar-refractivity contribution in [1.82, 2.24) is 18.5 Å². The number of fused-ring (bicyclic) bond motifs is 13. The van der Waals surface area contributed by atoms with Crippen LogP contribution in [0.3, 0.4) is 0 Å². The maximum absolute atomic E-state index is 5.40. The molecule has 49 heavy (non-hydrogen) atoms. The molecule has 228 valence electrons. The summed E-state index contributed by atoms with van der Waals surface area (Å²) in [6.45, 7) is 0.